The van der Waals surface area contributed by atoms with Gasteiger partial charge in [0.2, 0.25) is 0 Å². The fourth-order valence-corrected chi connectivity index (χ4v) is 2.52. The third-order valence-electron chi connectivity index (χ3n) is 3.53. The van der Waals surface area contributed by atoms with Gasteiger partial charge < -0.3 is 15.1 Å². The number of aliphatic hydroxyl groups excluding tert-OH is 1. The van der Waals surface area contributed by atoms with Crippen LogP contribution in [0.3, 0.4) is 0 Å². The van der Waals surface area contributed by atoms with Gasteiger partial charge in [0.25, 0.3) is 5.91 Å². The number of halogens is 1. The van der Waals surface area contributed by atoms with Crippen LogP contribution < -0.4 is 0 Å². The van der Waals surface area contributed by atoms with E-state index in [1.807, 2.05) is 0 Å². The molecule has 2 rings (SSSR count). The first-order valence-corrected chi connectivity index (χ1v) is 6.50. The average molecular weight is 267 g/mol. The van der Waals surface area contributed by atoms with E-state index in [4.69, 9.17) is 10.2 Å². The van der Waals surface area contributed by atoms with Gasteiger partial charge in [0.05, 0.1) is 5.56 Å². The lowest BCUT2D eigenvalue weighted by molar-refractivity contribution is 0.0649. The Morgan fingerprint density at radius 2 is 2.26 bits per heavy atom. The molecule has 0 saturated carbocycles. The number of carbonyl (C=O) groups excluding carboxylic acids is 1. The lowest BCUT2D eigenvalue weighted by Crippen LogP contribution is -2.40. The molecule has 104 valence electrons. The van der Waals surface area contributed by atoms with Crippen molar-refractivity contribution in [3.8, 4) is 5.75 Å². The zero-order valence-corrected chi connectivity index (χ0v) is 10.7. The van der Waals surface area contributed by atoms with Gasteiger partial charge in [-0.25, -0.2) is 4.39 Å². The van der Waals surface area contributed by atoms with Gasteiger partial charge >= 0.3 is 0 Å². The van der Waals surface area contributed by atoms with Crippen LogP contribution >= 0.6 is 0 Å². The minimum Gasteiger partial charge on any atom is -0.508 e. The molecule has 1 heterocycles. The molecule has 1 aromatic carbocycles. The Labute approximate surface area is 111 Å². The Balaban J connectivity index is 2.10. The van der Waals surface area contributed by atoms with Gasteiger partial charge in [-0.15, -0.1) is 0 Å². The molecule has 2 N–H and O–H groups in total. The Kier molecular flexibility index (Phi) is 4.37. The lowest BCUT2D eigenvalue weighted by atomic mass is 9.94. The number of piperidine rings is 1. The topological polar surface area (TPSA) is 60.8 Å². The second-order valence-corrected chi connectivity index (χ2v) is 4.94. The molecule has 1 amide bonds. The van der Waals surface area contributed by atoms with Crippen molar-refractivity contribution in [1.82, 2.24) is 4.90 Å². The van der Waals surface area contributed by atoms with Gasteiger partial charge in [-0.3, -0.25) is 4.79 Å². The molecule has 1 aliphatic heterocycles. The molecule has 1 aliphatic rings. The first-order valence-electron chi connectivity index (χ1n) is 6.50. The smallest absolute Gasteiger partial charge is 0.256 e. The normalized spacial score (nSPS) is 19.5. The lowest BCUT2D eigenvalue weighted by Gasteiger charge is -2.32. The molecule has 1 saturated heterocycles. The van der Waals surface area contributed by atoms with E-state index >= 15 is 0 Å². The highest BCUT2D eigenvalue weighted by molar-refractivity contribution is 5.94. The zero-order chi connectivity index (χ0) is 13.8. The van der Waals surface area contributed by atoms with Crippen molar-refractivity contribution >= 4 is 5.91 Å². The quantitative estimate of drug-likeness (QED) is 0.877. The van der Waals surface area contributed by atoms with E-state index in [1.54, 1.807) is 4.90 Å². The molecule has 1 unspecified atom stereocenters. The summed E-state index contributed by atoms with van der Waals surface area (Å²) in [6.45, 7) is 1.28. The van der Waals surface area contributed by atoms with Gasteiger partial charge in [-0.05, 0) is 37.3 Å². The second-order valence-electron chi connectivity index (χ2n) is 4.94. The number of phenols is 1. The zero-order valence-electron chi connectivity index (χ0n) is 10.7. The fraction of sp³-hybridized carbons (Fsp3) is 0.500. The summed E-state index contributed by atoms with van der Waals surface area (Å²) in [4.78, 5) is 13.8. The Bertz CT molecular complexity index is 462. The number of likely N-dealkylation sites (tertiary alicyclic amines) is 1. The molecule has 1 fully saturated rings. The maximum absolute atomic E-state index is 13.7. The van der Waals surface area contributed by atoms with E-state index in [0.717, 1.165) is 18.9 Å². The first-order chi connectivity index (χ1) is 9.11. The maximum Gasteiger partial charge on any atom is 0.256 e. The molecule has 0 aromatic heterocycles. The largest absolute Gasteiger partial charge is 0.508 e. The van der Waals surface area contributed by atoms with Crippen LogP contribution in [-0.2, 0) is 0 Å². The van der Waals surface area contributed by atoms with Crippen molar-refractivity contribution in [3.63, 3.8) is 0 Å². The molecule has 0 aliphatic carbocycles. The van der Waals surface area contributed by atoms with Crippen molar-refractivity contribution in [1.29, 1.82) is 0 Å². The molecular formula is C14H18FNO3. The van der Waals surface area contributed by atoms with Crippen molar-refractivity contribution in [2.75, 3.05) is 19.7 Å². The van der Waals surface area contributed by atoms with Crippen LogP contribution in [0.25, 0.3) is 0 Å². The number of rotatable bonds is 3. The SMILES string of the molecule is O=C(c1ccc(O)cc1F)N1CCCC(CCO)C1. The molecule has 19 heavy (non-hydrogen) atoms. The monoisotopic (exact) mass is 267 g/mol. The van der Waals surface area contributed by atoms with Crippen LogP contribution in [0.2, 0.25) is 0 Å². The number of hydrogen-bond donors (Lipinski definition) is 2. The van der Waals surface area contributed by atoms with Crippen molar-refractivity contribution in [3.05, 3.63) is 29.6 Å². The summed E-state index contributed by atoms with van der Waals surface area (Å²) in [6, 6.07) is 3.57. The second kappa shape index (κ2) is 6.02. The van der Waals surface area contributed by atoms with Crippen LogP contribution in [0.1, 0.15) is 29.6 Å². The van der Waals surface area contributed by atoms with Gasteiger partial charge in [-0.2, -0.15) is 0 Å². The molecule has 1 atom stereocenters. The van der Waals surface area contributed by atoms with E-state index in [-0.39, 0.29) is 29.7 Å². The molecule has 0 radical (unpaired) electrons. The number of benzene rings is 1. The van der Waals surface area contributed by atoms with Crippen LogP contribution in [-0.4, -0.2) is 40.7 Å². The summed E-state index contributed by atoms with van der Waals surface area (Å²) < 4.78 is 13.7. The van der Waals surface area contributed by atoms with E-state index in [0.29, 0.717) is 19.5 Å². The number of aliphatic hydroxyl groups is 1. The number of amides is 1. The highest BCUT2D eigenvalue weighted by Crippen LogP contribution is 2.23. The third kappa shape index (κ3) is 3.23. The Morgan fingerprint density at radius 3 is 2.95 bits per heavy atom. The summed E-state index contributed by atoms with van der Waals surface area (Å²) in [6.07, 6.45) is 2.53. The number of carbonyl (C=O) groups is 1. The molecule has 0 bridgehead atoms. The van der Waals surface area contributed by atoms with E-state index in [2.05, 4.69) is 0 Å². The predicted molar refractivity (Wildman–Crippen MR) is 68.4 cm³/mol. The van der Waals surface area contributed by atoms with E-state index in [9.17, 15) is 9.18 Å². The van der Waals surface area contributed by atoms with Gasteiger partial charge in [0, 0.05) is 25.8 Å². The number of nitrogens with zero attached hydrogens (tertiary/aromatic N) is 1. The van der Waals surface area contributed by atoms with Crippen LogP contribution in [0.4, 0.5) is 4.39 Å². The predicted octanol–water partition coefficient (Wildman–Crippen LogP) is 1.77. The third-order valence-corrected chi connectivity index (χ3v) is 3.53. The highest BCUT2D eigenvalue weighted by atomic mass is 19.1. The summed E-state index contributed by atoms with van der Waals surface area (Å²) in [7, 11) is 0. The Morgan fingerprint density at radius 1 is 1.47 bits per heavy atom. The van der Waals surface area contributed by atoms with Gasteiger partial charge in [0.1, 0.15) is 11.6 Å². The molecular weight excluding hydrogens is 249 g/mol. The average Bonchev–Trinajstić information content (AvgIpc) is 2.39. The minimum absolute atomic E-state index is 0.0116. The summed E-state index contributed by atoms with van der Waals surface area (Å²) in [5, 5.41) is 18.1. The van der Waals surface area contributed by atoms with Gasteiger partial charge in [-0.1, -0.05) is 0 Å². The summed E-state index contributed by atoms with van der Waals surface area (Å²) >= 11 is 0. The Hall–Kier alpha value is -1.62. The van der Waals surface area contributed by atoms with Crippen LogP contribution in [0, 0.1) is 11.7 Å². The first kappa shape index (κ1) is 13.8. The number of hydrogen-bond acceptors (Lipinski definition) is 3. The molecule has 1 aromatic rings. The van der Waals surface area contributed by atoms with E-state index in [1.165, 1.54) is 12.1 Å². The van der Waals surface area contributed by atoms with Crippen molar-refractivity contribution in [2.24, 2.45) is 5.92 Å². The molecule has 0 spiro atoms. The van der Waals surface area contributed by atoms with Crippen LogP contribution in [0.15, 0.2) is 18.2 Å². The standard InChI is InChI=1S/C14H18FNO3/c15-13-8-11(18)3-4-12(13)14(19)16-6-1-2-10(9-16)5-7-17/h3-4,8,10,17-18H,1-2,5-7,9H2. The summed E-state index contributed by atoms with van der Waals surface area (Å²) in [5.41, 5.74) is -0.0116. The van der Waals surface area contributed by atoms with Crippen molar-refractivity contribution < 1.29 is 19.4 Å². The number of phenolic OH excluding ortho intramolecular Hbond substituents is 1. The minimum atomic E-state index is -0.700. The maximum atomic E-state index is 13.7. The van der Waals surface area contributed by atoms with Crippen molar-refractivity contribution in [2.45, 2.75) is 19.3 Å². The molecule has 5 heteroatoms. The summed E-state index contributed by atoms with van der Waals surface area (Å²) in [5.74, 6) is -0.955. The fourth-order valence-electron chi connectivity index (χ4n) is 2.52. The van der Waals surface area contributed by atoms with Crippen LogP contribution in [0.5, 0.6) is 5.75 Å². The number of aromatic hydroxyl groups is 1. The van der Waals surface area contributed by atoms with Gasteiger partial charge in [0.15, 0.2) is 0 Å². The highest BCUT2D eigenvalue weighted by Gasteiger charge is 2.25. The molecule has 4 nitrogen and oxygen atoms in total. The van der Waals surface area contributed by atoms with E-state index < -0.39 is 5.82 Å².